The zero-order valence-electron chi connectivity index (χ0n) is 10.1. The summed E-state index contributed by atoms with van der Waals surface area (Å²) in [6.45, 7) is 3.76. The van der Waals surface area contributed by atoms with Gasteiger partial charge in [-0.25, -0.2) is 9.67 Å². The van der Waals surface area contributed by atoms with Crippen LogP contribution in [-0.2, 0) is 4.79 Å². The zero-order chi connectivity index (χ0) is 13.1. The number of benzene rings is 1. The Labute approximate surface area is 113 Å². The Balaban J connectivity index is 2.12. The first-order chi connectivity index (χ1) is 8.58. The van der Waals surface area contributed by atoms with Crippen molar-refractivity contribution in [1.29, 1.82) is 0 Å². The summed E-state index contributed by atoms with van der Waals surface area (Å²) < 4.78 is 2.37. The van der Waals surface area contributed by atoms with Crippen LogP contribution in [0.5, 0.6) is 0 Å². The lowest BCUT2D eigenvalue weighted by molar-refractivity contribution is -0.119. The summed E-state index contributed by atoms with van der Waals surface area (Å²) in [6, 6.07) is 5.36. The second-order valence-corrected chi connectivity index (χ2v) is 4.88. The molecule has 0 fully saturated rings. The minimum Gasteiger partial charge on any atom is -0.323 e. The Bertz CT molecular complexity index is 553. The molecule has 0 aliphatic carbocycles. The average Bonchev–Trinajstić information content (AvgIpc) is 2.85. The smallest absolute Gasteiger partial charge is 0.249 e. The van der Waals surface area contributed by atoms with Crippen LogP contribution in [0.2, 0.25) is 0 Å². The summed E-state index contributed by atoms with van der Waals surface area (Å²) in [5.41, 5.74) is 1.88. The molecule has 2 rings (SSSR count). The normalized spacial score (nSPS) is 12.2. The first-order valence-electron chi connectivity index (χ1n) is 5.49. The van der Waals surface area contributed by atoms with Gasteiger partial charge in [0.1, 0.15) is 18.7 Å². The van der Waals surface area contributed by atoms with Gasteiger partial charge in [-0.15, -0.1) is 0 Å². The lowest BCUT2D eigenvalue weighted by Crippen LogP contribution is -2.24. The van der Waals surface area contributed by atoms with Crippen molar-refractivity contribution < 1.29 is 4.79 Å². The lowest BCUT2D eigenvalue weighted by Gasteiger charge is -2.13. The minimum absolute atomic E-state index is 0.134. The number of rotatable bonds is 3. The molecule has 1 amide bonds. The van der Waals surface area contributed by atoms with Crippen LogP contribution in [0.15, 0.2) is 35.3 Å². The van der Waals surface area contributed by atoms with E-state index in [1.807, 2.05) is 25.1 Å². The summed E-state index contributed by atoms with van der Waals surface area (Å²) >= 11 is 3.42. The van der Waals surface area contributed by atoms with E-state index in [0.29, 0.717) is 0 Å². The van der Waals surface area contributed by atoms with E-state index in [9.17, 15) is 4.79 Å². The second kappa shape index (κ2) is 5.30. The summed E-state index contributed by atoms with van der Waals surface area (Å²) in [5, 5.41) is 6.80. The fourth-order valence-corrected chi connectivity index (χ4v) is 2.09. The van der Waals surface area contributed by atoms with Crippen molar-refractivity contribution in [1.82, 2.24) is 14.8 Å². The number of carbonyl (C=O) groups is 1. The van der Waals surface area contributed by atoms with E-state index in [4.69, 9.17) is 0 Å². The molecule has 1 aromatic carbocycles. The van der Waals surface area contributed by atoms with E-state index in [1.54, 1.807) is 6.92 Å². The van der Waals surface area contributed by atoms with Gasteiger partial charge in [-0.3, -0.25) is 4.79 Å². The average molecular weight is 309 g/mol. The Kier molecular flexibility index (Phi) is 3.76. The molecule has 0 spiro atoms. The van der Waals surface area contributed by atoms with Gasteiger partial charge in [0.2, 0.25) is 5.91 Å². The Morgan fingerprint density at radius 1 is 1.50 bits per heavy atom. The van der Waals surface area contributed by atoms with Crippen LogP contribution in [0.1, 0.15) is 18.5 Å². The van der Waals surface area contributed by atoms with Gasteiger partial charge in [0, 0.05) is 4.47 Å². The number of hydrogen-bond acceptors (Lipinski definition) is 3. The van der Waals surface area contributed by atoms with Crippen molar-refractivity contribution in [2.75, 3.05) is 5.32 Å². The molecular weight excluding hydrogens is 296 g/mol. The van der Waals surface area contributed by atoms with E-state index in [0.717, 1.165) is 15.7 Å². The molecule has 18 heavy (non-hydrogen) atoms. The molecule has 1 unspecified atom stereocenters. The molecule has 94 valence electrons. The molecule has 0 saturated carbocycles. The number of hydrogen-bond donors (Lipinski definition) is 1. The first-order valence-corrected chi connectivity index (χ1v) is 6.28. The molecule has 1 heterocycles. The van der Waals surface area contributed by atoms with E-state index in [2.05, 4.69) is 31.3 Å². The van der Waals surface area contributed by atoms with Gasteiger partial charge >= 0.3 is 0 Å². The maximum Gasteiger partial charge on any atom is 0.249 e. The van der Waals surface area contributed by atoms with Gasteiger partial charge in [0.05, 0.1) is 5.69 Å². The van der Waals surface area contributed by atoms with Crippen LogP contribution in [0, 0.1) is 6.92 Å². The fourth-order valence-electron chi connectivity index (χ4n) is 1.50. The van der Waals surface area contributed by atoms with E-state index >= 15 is 0 Å². The van der Waals surface area contributed by atoms with E-state index < -0.39 is 6.04 Å². The predicted octanol–water partition coefficient (Wildman–Crippen LogP) is 2.55. The zero-order valence-corrected chi connectivity index (χ0v) is 11.7. The summed E-state index contributed by atoms with van der Waals surface area (Å²) in [6.07, 6.45) is 2.93. The van der Waals surface area contributed by atoms with Crippen LogP contribution in [0.4, 0.5) is 5.69 Å². The topological polar surface area (TPSA) is 59.8 Å². The molecule has 1 atom stereocenters. The van der Waals surface area contributed by atoms with Crippen molar-refractivity contribution in [2.24, 2.45) is 0 Å². The third-order valence-electron chi connectivity index (χ3n) is 2.60. The largest absolute Gasteiger partial charge is 0.323 e. The molecule has 1 aromatic heterocycles. The molecule has 0 radical (unpaired) electrons. The van der Waals surface area contributed by atoms with Gasteiger partial charge in [0.15, 0.2) is 0 Å². The number of amides is 1. The van der Waals surface area contributed by atoms with Crippen molar-refractivity contribution in [2.45, 2.75) is 19.9 Å². The maximum absolute atomic E-state index is 12.0. The van der Waals surface area contributed by atoms with Crippen LogP contribution >= 0.6 is 15.9 Å². The van der Waals surface area contributed by atoms with Crippen molar-refractivity contribution >= 4 is 27.5 Å². The highest BCUT2D eigenvalue weighted by Gasteiger charge is 2.16. The molecule has 0 aliphatic heterocycles. The standard InChI is InChI=1S/C12H13BrN4O/c1-8-3-4-11(10(13)5-8)16-12(18)9(2)17-7-14-6-15-17/h3-7,9H,1-2H3,(H,16,18). The number of nitrogens with one attached hydrogen (secondary N) is 1. The number of aryl methyl sites for hydroxylation is 1. The Morgan fingerprint density at radius 2 is 2.28 bits per heavy atom. The third kappa shape index (κ3) is 2.76. The van der Waals surface area contributed by atoms with Crippen molar-refractivity contribution in [3.63, 3.8) is 0 Å². The van der Waals surface area contributed by atoms with Crippen LogP contribution < -0.4 is 5.32 Å². The SMILES string of the molecule is Cc1ccc(NC(=O)C(C)n2cncn2)c(Br)c1. The maximum atomic E-state index is 12.0. The van der Waals surface area contributed by atoms with Crippen LogP contribution in [0.3, 0.4) is 0 Å². The van der Waals surface area contributed by atoms with Crippen LogP contribution in [0.25, 0.3) is 0 Å². The number of carbonyl (C=O) groups excluding carboxylic acids is 1. The highest BCUT2D eigenvalue weighted by molar-refractivity contribution is 9.10. The molecule has 0 bridgehead atoms. The number of aromatic nitrogens is 3. The first kappa shape index (κ1) is 12.8. The van der Waals surface area contributed by atoms with Gasteiger partial charge < -0.3 is 5.32 Å². The van der Waals surface area contributed by atoms with E-state index in [-0.39, 0.29) is 5.91 Å². The monoisotopic (exact) mass is 308 g/mol. The number of anilines is 1. The van der Waals surface area contributed by atoms with Gasteiger partial charge in [0.25, 0.3) is 0 Å². The molecular formula is C12H13BrN4O. The fraction of sp³-hybridized carbons (Fsp3) is 0.250. The van der Waals surface area contributed by atoms with Crippen LogP contribution in [-0.4, -0.2) is 20.7 Å². The molecule has 5 nitrogen and oxygen atoms in total. The van der Waals surface area contributed by atoms with Crippen molar-refractivity contribution in [3.05, 3.63) is 40.9 Å². The van der Waals surface area contributed by atoms with Gasteiger partial charge in [-0.1, -0.05) is 6.07 Å². The summed E-state index contributed by atoms with van der Waals surface area (Å²) in [7, 11) is 0. The minimum atomic E-state index is -0.402. The molecule has 0 saturated heterocycles. The Morgan fingerprint density at radius 3 is 2.89 bits per heavy atom. The van der Waals surface area contributed by atoms with Crippen molar-refractivity contribution in [3.8, 4) is 0 Å². The van der Waals surface area contributed by atoms with Gasteiger partial charge in [-0.2, -0.15) is 5.10 Å². The lowest BCUT2D eigenvalue weighted by atomic mass is 10.2. The summed E-state index contributed by atoms with van der Waals surface area (Å²) in [5.74, 6) is -0.134. The third-order valence-corrected chi connectivity index (χ3v) is 3.25. The second-order valence-electron chi connectivity index (χ2n) is 4.02. The molecule has 1 N–H and O–H groups in total. The number of halogens is 1. The summed E-state index contributed by atoms with van der Waals surface area (Å²) in [4.78, 5) is 15.9. The molecule has 6 heteroatoms. The Hall–Kier alpha value is -1.69. The molecule has 2 aromatic rings. The predicted molar refractivity (Wildman–Crippen MR) is 72.2 cm³/mol. The van der Waals surface area contributed by atoms with Gasteiger partial charge in [-0.05, 0) is 47.5 Å². The highest BCUT2D eigenvalue weighted by Crippen LogP contribution is 2.24. The van der Waals surface area contributed by atoms with E-state index in [1.165, 1.54) is 17.3 Å². The highest BCUT2D eigenvalue weighted by atomic mass is 79.9. The molecule has 0 aliphatic rings. The quantitative estimate of drug-likeness (QED) is 0.948. The number of nitrogens with zero attached hydrogens (tertiary/aromatic N) is 3.